The van der Waals surface area contributed by atoms with Crippen molar-refractivity contribution < 1.29 is 10.2 Å². The van der Waals surface area contributed by atoms with Crippen LogP contribution < -0.4 is 0 Å². The molecule has 0 bridgehead atoms. The molecule has 0 aromatic heterocycles. The van der Waals surface area contributed by atoms with E-state index >= 15 is 0 Å². The van der Waals surface area contributed by atoms with Gasteiger partial charge in [0.15, 0.2) is 0 Å². The monoisotopic (exact) mass is 185 g/mol. The summed E-state index contributed by atoms with van der Waals surface area (Å²) >= 11 is 0. The van der Waals surface area contributed by atoms with E-state index in [1.807, 2.05) is 13.8 Å². The number of rotatable bonds is 3. The summed E-state index contributed by atoms with van der Waals surface area (Å²) in [6.07, 6.45) is 2.37. The Labute approximate surface area is 79.4 Å². The SMILES string of the molecule is CC(C)(O)CN1CC(O)(C2CC2)C1. The quantitative estimate of drug-likeness (QED) is 0.661. The van der Waals surface area contributed by atoms with Gasteiger partial charge in [0.1, 0.15) is 0 Å². The Hall–Kier alpha value is -0.120. The lowest BCUT2D eigenvalue weighted by Crippen LogP contribution is -2.65. The van der Waals surface area contributed by atoms with Crippen molar-refractivity contribution in [2.45, 2.75) is 37.9 Å². The summed E-state index contributed by atoms with van der Waals surface area (Å²) in [6.45, 7) is 5.79. The van der Waals surface area contributed by atoms with Crippen molar-refractivity contribution in [2.24, 2.45) is 5.92 Å². The van der Waals surface area contributed by atoms with Gasteiger partial charge in [0.05, 0.1) is 11.2 Å². The number of hydrogen-bond donors (Lipinski definition) is 2. The van der Waals surface area contributed by atoms with Gasteiger partial charge in [-0.05, 0) is 32.6 Å². The van der Waals surface area contributed by atoms with Crippen LogP contribution in [-0.2, 0) is 0 Å². The number of nitrogens with zero attached hydrogens (tertiary/aromatic N) is 1. The summed E-state index contributed by atoms with van der Waals surface area (Å²) in [5.74, 6) is 0.547. The largest absolute Gasteiger partial charge is 0.389 e. The van der Waals surface area contributed by atoms with Gasteiger partial charge in [0.25, 0.3) is 0 Å². The third-order valence-electron chi connectivity index (χ3n) is 2.94. The first-order valence-electron chi connectivity index (χ1n) is 5.06. The maximum absolute atomic E-state index is 9.99. The van der Waals surface area contributed by atoms with Gasteiger partial charge in [0, 0.05) is 19.6 Å². The van der Waals surface area contributed by atoms with Crippen molar-refractivity contribution in [3.63, 3.8) is 0 Å². The molecule has 0 amide bonds. The van der Waals surface area contributed by atoms with Crippen LogP contribution in [0.1, 0.15) is 26.7 Å². The lowest BCUT2D eigenvalue weighted by Gasteiger charge is -2.48. The standard InChI is InChI=1S/C10H19NO2/c1-9(2,12)5-11-6-10(13,7-11)8-3-4-8/h8,12-13H,3-7H2,1-2H3. The summed E-state index contributed by atoms with van der Waals surface area (Å²) in [4.78, 5) is 2.12. The summed E-state index contributed by atoms with van der Waals surface area (Å²) in [5, 5.41) is 19.5. The fourth-order valence-corrected chi connectivity index (χ4v) is 2.27. The molecule has 3 nitrogen and oxygen atoms in total. The molecule has 1 aliphatic heterocycles. The van der Waals surface area contributed by atoms with E-state index in [1.54, 1.807) is 0 Å². The highest BCUT2D eigenvalue weighted by Gasteiger charge is 2.52. The molecule has 1 saturated heterocycles. The normalized spacial score (nSPS) is 28.6. The molecule has 3 heteroatoms. The van der Waals surface area contributed by atoms with Crippen LogP contribution in [0.5, 0.6) is 0 Å². The molecule has 1 aliphatic carbocycles. The van der Waals surface area contributed by atoms with Gasteiger partial charge < -0.3 is 10.2 Å². The maximum Gasteiger partial charge on any atom is 0.0928 e. The molecule has 1 heterocycles. The van der Waals surface area contributed by atoms with Crippen LogP contribution in [0.4, 0.5) is 0 Å². The van der Waals surface area contributed by atoms with Crippen LogP contribution in [0.25, 0.3) is 0 Å². The molecule has 0 aromatic rings. The number of β-amino-alcohol motifs (C(OH)–C–C–N with tert-alkyl or cyclic N) is 2. The summed E-state index contributed by atoms with van der Waals surface area (Å²) in [7, 11) is 0. The van der Waals surface area contributed by atoms with Crippen molar-refractivity contribution in [2.75, 3.05) is 19.6 Å². The van der Waals surface area contributed by atoms with Crippen LogP contribution in [0, 0.1) is 5.92 Å². The Morgan fingerprint density at radius 1 is 1.38 bits per heavy atom. The Bertz CT molecular complexity index is 199. The molecule has 2 fully saturated rings. The molecule has 0 atom stereocenters. The van der Waals surface area contributed by atoms with E-state index in [-0.39, 0.29) is 0 Å². The molecule has 0 spiro atoms. The van der Waals surface area contributed by atoms with E-state index < -0.39 is 11.2 Å². The fourth-order valence-electron chi connectivity index (χ4n) is 2.27. The molecular formula is C10H19NO2. The average Bonchev–Trinajstić information content (AvgIpc) is 2.59. The van der Waals surface area contributed by atoms with E-state index in [2.05, 4.69) is 4.90 Å². The van der Waals surface area contributed by atoms with E-state index in [9.17, 15) is 10.2 Å². The van der Waals surface area contributed by atoms with Crippen molar-refractivity contribution in [3.8, 4) is 0 Å². The van der Waals surface area contributed by atoms with E-state index in [1.165, 1.54) is 12.8 Å². The van der Waals surface area contributed by atoms with Crippen molar-refractivity contribution in [3.05, 3.63) is 0 Å². The number of hydrogen-bond acceptors (Lipinski definition) is 3. The molecule has 2 aliphatic rings. The van der Waals surface area contributed by atoms with Crippen LogP contribution in [0.3, 0.4) is 0 Å². The van der Waals surface area contributed by atoms with Crippen LogP contribution >= 0.6 is 0 Å². The highest BCUT2D eigenvalue weighted by Crippen LogP contribution is 2.44. The topological polar surface area (TPSA) is 43.7 Å². The first-order chi connectivity index (χ1) is 5.89. The minimum atomic E-state index is -0.634. The highest BCUT2D eigenvalue weighted by atomic mass is 16.3. The van der Waals surface area contributed by atoms with Crippen molar-refractivity contribution in [1.29, 1.82) is 0 Å². The highest BCUT2D eigenvalue weighted by molar-refractivity contribution is 5.05. The maximum atomic E-state index is 9.99. The van der Waals surface area contributed by atoms with Gasteiger partial charge in [-0.1, -0.05) is 0 Å². The predicted octanol–water partition coefficient (Wildman–Crippen LogP) is 0.214. The fraction of sp³-hybridized carbons (Fsp3) is 1.00. The summed E-state index contributed by atoms with van der Waals surface area (Å²) in [6, 6.07) is 0. The van der Waals surface area contributed by atoms with Gasteiger partial charge in [-0.25, -0.2) is 0 Å². The van der Waals surface area contributed by atoms with Gasteiger partial charge in [-0.3, -0.25) is 4.90 Å². The minimum absolute atomic E-state index is 0.411. The lowest BCUT2D eigenvalue weighted by atomic mass is 9.87. The predicted molar refractivity (Wildman–Crippen MR) is 50.4 cm³/mol. The zero-order chi connectivity index (χ0) is 9.69. The van der Waals surface area contributed by atoms with Crippen LogP contribution in [-0.4, -0.2) is 45.9 Å². The first kappa shape index (κ1) is 9.44. The van der Waals surface area contributed by atoms with E-state index in [0.717, 1.165) is 13.1 Å². The van der Waals surface area contributed by atoms with Crippen molar-refractivity contribution in [1.82, 2.24) is 4.90 Å². The summed E-state index contributed by atoms with van der Waals surface area (Å²) < 4.78 is 0. The van der Waals surface area contributed by atoms with Crippen LogP contribution in [0.2, 0.25) is 0 Å². The van der Waals surface area contributed by atoms with E-state index in [0.29, 0.717) is 12.5 Å². The Balaban J connectivity index is 1.77. The Morgan fingerprint density at radius 3 is 2.31 bits per heavy atom. The zero-order valence-corrected chi connectivity index (χ0v) is 8.45. The van der Waals surface area contributed by atoms with Gasteiger partial charge >= 0.3 is 0 Å². The van der Waals surface area contributed by atoms with E-state index in [4.69, 9.17) is 0 Å². The molecule has 13 heavy (non-hydrogen) atoms. The molecule has 2 rings (SSSR count). The molecule has 1 saturated carbocycles. The second-order valence-electron chi connectivity index (χ2n) is 5.34. The minimum Gasteiger partial charge on any atom is -0.389 e. The smallest absolute Gasteiger partial charge is 0.0928 e. The Morgan fingerprint density at radius 2 is 1.92 bits per heavy atom. The van der Waals surface area contributed by atoms with Crippen molar-refractivity contribution >= 4 is 0 Å². The molecule has 0 unspecified atom stereocenters. The first-order valence-corrected chi connectivity index (χ1v) is 5.06. The molecular weight excluding hydrogens is 166 g/mol. The average molecular weight is 185 g/mol. The number of aliphatic hydroxyl groups is 2. The zero-order valence-electron chi connectivity index (χ0n) is 8.45. The molecule has 0 radical (unpaired) electrons. The molecule has 0 aromatic carbocycles. The van der Waals surface area contributed by atoms with Gasteiger partial charge in [-0.15, -0.1) is 0 Å². The second kappa shape index (κ2) is 2.69. The van der Waals surface area contributed by atoms with Gasteiger partial charge in [-0.2, -0.15) is 0 Å². The summed E-state index contributed by atoms with van der Waals surface area (Å²) in [5.41, 5.74) is -1.05. The van der Waals surface area contributed by atoms with Crippen LogP contribution in [0.15, 0.2) is 0 Å². The molecule has 76 valence electrons. The second-order valence-corrected chi connectivity index (χ2v) is 5.34. The Kier molecular flexibility index (Phi) is 1.95. The molecule has 2 N–H and O–H groups in total. The third-order valence-corrected chi connectivity index (χ3v) is 2.94. The van der Waals surface area contributed by atoms with Gasteiger partial charge in [0.2, 0.25) is 0 Å². The third kappa shape index (κ3) is 2.03. The number of likely N-dealkylation sites (tertiary alicyclic amines) is 1. The lowest BCUT2D eigenvalue weighted by molar-refractivity contribution is -0.131.